The largest absolute Gasteiger partial charge is 0.330 e. The molecule has 21 heavy (non-hydrogen) atoms. The van der Waals surface area contributed by atoms with Crippen LogP contribution in [0.1, 0.15) is 24.6 Å². The molecule has 1 fully saturated rings. The monoisotopic (exact) mass is 331 g/mol. The molecule has 2 N–H and O–H groups in total. The second-order valence-corrected chi connectivity index (χ2v) is 8.91. The van der Waals surface area contributed by atoms with Crippen molar-refractivity contribution in [1.82, 2.24) is 9.21 Å². The average molecular weight is 332 g/mol. The Kier molecular flexibility index (Phi) is 5.79. The predicted octanol–water partition coefficient (Wildman–Crippen LogP) is 1.35. The predicted molar refractivity (Wildman–Crippen MR) is 87.2 cm³/mol. The Hall–Kier alpha value is -0.470. The first-order chi connectivity index (χ1) is 9.98. The van der Waals surface area contributed by atoms with Gasteiger partial charge in [0.15, 0.2) is 0 Å². The van der Waals surface area contributed by atoms with Gasteiger partial charge in [0.1, 0.15) is 4.21 Å². The summed E-state index contributed by atoms with van der Waals surface area (Å²) in [6.45, 7) is 5.31. The molecule has 0 aromatic carbocycles. The topological polar surface area (TPSA) is 66.6 Å². The van der Waals surface area contributed by atoms with E-state index in [2.05, 4.69) is 11.8 Å². The first-order valence-electron chi connectivity index (χ1n) is 7.48. The van der Waals surface area contributed by atoms with Crippen molar-refractivity contribution >= 4 is 21.4 Å². The minimum Gasteiger partial charge on any atom is -0.330 e. The van der Waals surface area contributed by atoms with Gasteiger partial charge >= 0.3 is 0 Å². The minimum atomic E-state index is -3.37. The van der Waals surface area contributed by atoms with E-state index in [4.69, 9.17) is 5.73 Å². The van der Waals surface area contributed by atoms with Crippen LogP contribution in [0.4, 0.5) is 0 Å². The Morgan fingerprint density at radius 3 is 2.90 bits per heavy atom. The number of sulfonamides is 1. The Labute approximate surface area is 131 Å². The SMILES string of the molecule is CCN1CCCC1CN(C)S(=O)(=O)c1ccc(CCN)s1. The van der Waals surface area contributed by atoms with Gasteiger partial charge in [0, 0.05) is 24.5 Å². The maximum atomic E-state index is 12.6. The molecule has 1 aliphatic heterocycles. The van der Waals surface area contributed by atoms with Crippen LogP contribution < -0.4 is 5.73 Å². The van der Waals surface area contributed by atoms with Gasteiger partial charge in [-0.15, -0.1) is 11.3 Å². The van der Waals surface area contributed by atoms with E-state index in [0.717, 1.165) is 37.2 Å². The van der Waals surface area contributed by atoms with Crippen LogP contribution in [0.5, 0.6) is 0 Å². The highest BCUT2D eigenvalue weighted by atomic mass is 32.2. The van der Waals surface area contributed by atoms with Crippen LogP contribution in [0.2, 0.25) is 0 Å². The quantitative estimate of drug-likeness (QED) is 0.819. The summed E-state index contributed by atoms with van der Waals surface area (Å²) in [5, 5.41) is 0. The van der Waals surface area contributed by atoms with Crippen molar-refractivity contribution in [1.29, 1.82) is 0 Å². The van der Waals surface area contributed by atoms with Crippen molar-refractivity contribution in [3.8, 4) is 0 Å². The van der Waals surface area contributed by atoms with Crippen molar-refractivity contribution in [2.45, 2.75) is 36.4 Å². The van der Waals surface area contributed by atoms with Gasteiger partial charge in [-0.1, -0.05) is 6.92 Å². The zero-order valence-corrected chi connectivity index (χ0v) is 14.4. The maximum Gasteiger partial charge on any atom is 0.252 e. The Morgan fingerprint density at radius 2 is 2.24 bits per heavy atom. The van der Waals surface area contributed by atoms with Crippen molar-refractivity contribution in [3.63, 3.8) is 0 Å². The molecule has 1 saturated heterocycles. The van der Waals surface area contributed by atoms with Crippen LogP contribution in [0.3, 0.4) is 0 Å². The molecule has 0 amide bonds. The number of rotatable bonds is 7. The van der Waals surface area contributed by atoms with E-state index in [0.29, 0.717) is 23.3 Å². The van der Waals surface area contributed by atoms with Crippen molar-refractivity contribution in [3.05, 3.63) is 17.0 Å². The van der Waals surface area contributed by atoms with E-state index in [1.54, 1.807) is 13.1 Å². The molecule has 1 unspecified atom stereocenters. The fourth-order valence-corrected chi connectivity index (χ4v) is 5.63. The van der Waals surface area contributed by atoms with Crippen molar-refractivity contribution in [2.24, 2.45) is 5.73 Å². The van der Waals surface area contributed by atoms with Gasteiger partial charge < -0.3 is 5.73 Å². The highest BCUT2D eigenvalue weighted by molar-refractivity contribution is 7.91. The maximum absolute atomic E-state index is 12.6. The van der Waals surface area contributed by atoms with Crippen molar-refractivity contribution < 1.29 is 8.42 Å². The number of nitrogens with two attached hydrogens (primary N) is 1. The third kappa shape index (κ3) is 3.84. The molecule has 2 heterocycles. The standard InChI is InChI=1S/C14H25N3O2S2/c1-3-17-10-4-5-12(17)11-16(2)21(18,19)14-7-6-13(20-14)8-9-15/h6-7,12H,3-5,8-11,15H2,1-2H3. The van der Waals surface area contributed by atoms with Crippen molar-refractivity contribution in [2.75, 3.05) is 33.2 Å². The first-order valence-corrected chi connectivity index (χ1v) is 9.74. The number of hydrogen-bond donors (Lipinski definition) is 1. The Balaban J connectivity index is 2.07. The van der Waals surface area contributed by atoms with Gasteiger partial charge in [0.2, 0.25) is 0 Å². The second kappa shape index (κ2) is 7.19. The van der Waals surface area contributed by atoms with E-state index >= 15 is 0 Å². The lowest BCUT2D eigenvalue weighted by Crippen LogP contribution is -2.40. The molecule has 120 valence electrons. The second-order valence-electron chi connectivity index (χ2n) is 5.47. The molecule has 0 aliphatic carbocycles. The fourth-order valence-electron chi connectivity index (χ4n) is 2.84. The van der Waals surface area contributed by atoms with Crippen LogP contribution in [-0.2, 0) is 16.4 Å². The van der Waals surface area contributed by atoms with Crippen LogP contribution in [0.15, 0.2) is 16.3 Å². The molecule has 0 radical (unpaired) electrons. The minimum absolute atomic E-state index is 0.346. The summed E-state index contributed by atoms with van der Waals surface area (Å²) in [6, 6.07) is 3.91. The zero-order chi connectivity index (χ0) is 15.5. The summed E-state index contributed by atoms with van der Waals surface area (Å²) in [6.07, 6.45) is 2.97. The molecule has 0 spiro atoms. The molecule has 7 heteroatoms. The molecule has 1 atom stereocenters. The van der Waals surface area contributed by atoms with Gasteiger partial charge in [0.05, 0.1) is 0 Å². The molecular weight excluding hydrogens is 306 g/mol. The summed E-state index contributed by atoms with van der Waals surface area (Å²) >= 11 is 1.33. The molecule has 0 saturated carbocycles. The molecule has 2 rings (SSSR count). The molecular formula is C14H25N3O2S2. The molecule has 0 bridgehead atoms. The van der Waals surface area contributed by atoms with Crippen LogP contribution in [-0.4, -0.2) is 56.9 Å². The lowest BCUT2D eigenvalue weighted by Gasteiger charge is -2.27. The van der Waals surface area contributed by atoms with E-state index in [9.17, 15) is 8.42 Å². The number of thiophene rings is 1. The first kappa shape index (κ1) is 16.9. The van der Waals surface area contributed by atoms with Gasteiger partial charge in [-0.05, 0) is 51.0 Å². The van der Waals surface area contributed by atoms with Crippen LogP contribution >= 0.6 is 11.3 Å². The van der Waals surface area contributed by atoms with Crippen LogP contribution in [0.25, 0.3) is 0 Å². The summed E-state index contributed by atoms with van der Waals surface area (Å²) in [4.78, 5) is 3.39. The number of nitrogens with zero attached hydrogens (tertiary/aromatic N) is 2. The molecule has 1 aromatic heterocycles. The summed E-state index contributed by atoms with van der Waals surface area (Å²) in [5.41, 5.74) is 5.52. The van der Waals surface area contributed by atoms with Gasteiger partial charge in [0.25, 0.3) is 10.0 Å². The Morgan fingerprint density at radius 1 is 1.48 bits per heavy atom. The van der Waals surface area contributed by atoms with E-state index in [1.807, 2.05) is 6.07 Å². The third-order valence-corrected chi connectivity index (χ3v) is 7.50. The number of likely N-dealkylation sites (N-methyl/N-ethyl adjacent to an activating group) is 2. The molecule has 5 nitrogen and oxygen atoms in total. The summed E-state index contributed by atoms with van der Waals surface area (Å²) < 4.78 is 27.2. The van der Waals surface area contributed by atoms with Gasteiger partial charge in [-0.2, -0.15) is 4.31 Å². The van der Waals surface area contributed by atoms with Crippen LogP contribution in [0, 0.1) is 0 Å². The summed E-state index contributed by atoms with van der Waals surface area (Å²) in [7, 11) is -1.69. The lowest BCUT2D eigenvalue weighted by molar-refractivity contribution is 0.238. The fraction of sp³-hybridized carbons (Fsp3) is 0.714. The third-order valence-electron chi connectivity index (χ3n) is 4.07. The number of likely N-dealkylation sites (tertiary alicyclic amines) is 1. The normalized spacial score (nSPS) is 20.5. The Bertz CT molecular complexity index is 556. The highest BCUT2D eigenvalue weighted by Crippen LogP contribution is 2.26. The van der Waals surface area contributed by atoms with Gasteiger partial charge in [-0.3, -0.25) is 4.90 Å². The lowest BCUT2D eigenvalue weighted by atomic mass is 10.2. The zero-order valence-electron chi connectivity index (χ0n) is 12.8. The number of hydrogen-bond acceptors (Lipinski definition) is 5. The molecule has 1 aromatic rings. The highest BCUT2D eigenvalue weighted by Gasteiger charge is 2.29. The smallest absolute Gasteiger partial charge is 0.252 e. The van der Waals surface area contributed by atoms with E-state index in [-0.39, 0.29) is 0 Å². The summed E-state index contributed by atoms with van der Waals surface area (Å²) in [5.74, 6) is 0. The van der Waals surface area contributed by atoms with Gasteiger partial charge in [-0.25, -0.2) is 8.42 Å². The van der Waals surface area contributed by atoms with E-state index < -0.39 is 10.0 Å². The van der Waals surface area contributed by atoms with E-state index in [1.165, 1.54) is 15.6 Å². The average Bonchev–Trinajstić information content (AvgIpc) is 3.08. The molecule has 1 aliphatic rings.